The van der Waals surface area contributed by atoms with Crippen molar-refractivity contribution in [2.75, 3.05) is 26.5 Å². The van der Waals surface area contributed by atoms with Crippen LogP contribution in [0.2, 0.25) is 0 Å². The molecule has 19 heavy (non-hydrogen) atoms. The zero-order valence-electron chi connectivity index (χ0n) is 11.4. The van der Waals surface area contributed by atoms with Crippen molar-refractivity contribution >= 4 is 23.8 Å². The molecule has 1 rings (SSSR count). The van der Waals surface area contributed by atoms with Crippen LogP contribution in [0, 0.1) is 0 Å². The molecule has 3 N–H and O–H groups in total. The number of carboxylic acid groups (broad SMARTS) is 1. The highest BCUT2D eigenvalue weighted by Crippen LogP contribution is 2.46. The third-order valence-electron chi connectivity index (χ3n) is 3.26. The van der Waals surface area contributed by atoms with E-state index in [1.165, 1.54) is 0 Å². The van der Waals surface area contributed by atoms with Crippen molar-refractivity contribution in [3.8, 4) is 0 Å². The third kappa shape index (κ3) is 5.69. The summed E-state index contributed by atoms with van der Waals surface area (Å²) in [4.78, 5) is 22.7. The second-order valence-electron chi connectivity index (χ2n) is 4.74. The van der Waals surface area contributed by atoms with Crippen LogP contribution in [0.25, 0.3) is 0 Å². The van der Waals surface area contributed by atoms with Gasteiger partial charge in [0.25, 0.3) is 0 Å². The van der Waals surface area contributed by atoms with E-state index in [1.54, 1.807) is 18.9 Å². The zero-order valence-corrected chi connectivity index (χ0v) is 12.2. The Morgan fingerprint density at radius 1 is 1.47 bits per heavy atom. The standard InChI is InChI=1S/C12H22N2O4S/c1-18-7-3-4-9(10(15)16)14-11(17)13-8-12(19-2)5-6-12/h9H,3-8H2,1-2H3,(H,15,16)(H2,13,14,17). The number of thioether (sulfide) groups is 1. The van der Waals surface area contributed by atoms with E-state index in [2.05, 4.69) is 10.6 Å². The summed E-state index contributed by atoms with van der Waals surface area (Å²) >= 11 is 1.75. The van der Waals surface area contributed by atoms with Gasteiger partial charge in [0.05, 0.1) is 0 Å². The molecular formula is C12H22N2O4S. The highest BCUT2D eigenvalue weighted by Gasteiger charge is 2.42. The zero-order chi connectivity index (χ0) is 14.3. The van der Waals surface area contributed by atoms with Crippen LogP contribution in [-0.2, 0) is 9.53 Å². The van der Waals surface area contributed by atoms with E-state index < -0.39 is 18.0 Å². The quantitative estimate of drug-likeness (QED) is 0.553. The predicted molar refractivity (Wildman–Crippen MR) is 74.5 cm³/mol. The molecule has 0 aromatic heterocycles. The van der Waals surface area contributed by atoms with E-state index >= 15 is 0 Å². The topological polar surface area (TPSA) is 87.7 Å². The van der Waals surface area contributed by atoms with E-state index in [-0.39, 0.29) is 4.75 Å². The molecule has 0 bridgehead atoms. The first-order chi connectivity index (χ1) is 9.03. The van der Waals surface area contributed by atoms with Crippen molar-refractivity contribution in [2.24, 2.45) is 0 Å². The molecular weight excluding hydrogens is 268 g/mol. The largest absolute Gasteiger partial charge is 0.480 e. The van der Waals surface area contributed by atoms with Crippen molar-refractivity contribution in [3.63, 3.8) is 0 Å². The first-order valence-electron chi connectivity index (χ1n) is 6.34. The number of methoxy groups -OCH3 is 1. The summed E-state index contributed by atoms with van der Waals surface area (Å²) in [6, 6.07) is -1.27. The number of hydrogen-bond donors (Lipinski definition) is 3. The summed E-state index contributed by atoms with van der Waals surface area (Å²) < 4.78 is 5.04. The summed E-state index contributed by atoms with van der Waals surface area (Å²) in [6.45, 7) is 1.08. The van der Waals surface area contributed by atoms with Crippen LogP contribution in [0.15, 0.2) is 0 Å². The van der Waals surface area contributed by atoms with E-state index in [1.807, 2.05) is 6.26 Å². The van der Waals surface area contributed by atoms with Gasteiger partial charge in [-0.1, -0.05) is 0 Å². The highest BCUT2D eigenvalue weighted by molar-refractivity contribution is 8.00. The molecule has 0 heterocycles. The molecule has 0 aromatic carbocycles. The van der Waals surface area contributed by atoms with Crippen molar-refractivity contribution < 1.29 is 19.4 Å². The van der Waals surface area contributed by atoms with Gasteiger partial charge in [0.1, 0.15) is 6.04 Å². The van der Waals surface area contributed by atoms with Gasteiger partial charge in [-0.2, -0.15) is 11.8 Å². The smallest absolute Gasteiger partial charge is 0.326 e. The Kier molecular flexibility index (Phi) is 6.44. The Labute approximate surface area is 117 Å². The molecule has 0 spiro atoms. The van der Waals surface area contributed by atoms with Crippen LogP contribution >= 0.6 is 11.8 Å². The molecule has 2 amide bonds. The molecule has 0 aliphatic heterocycles. The SMILES string of the molecule is COCCCC(NC(=O)NCC1(SC)CC1)C(=O)O. The van der Waals surface area contributed by atoms with Crippen molar-refractivity contribution in [1.82, 2.24) is 10.6 Å². The first-order valence-corrected chi connectivity index (χ1v) is 7.57. The second kappa shape index (κ2) is 7.59. The lowest BCUT2D eigenvalue weighted by atomic mass is 10.1. The Hall–Kier alpha value is -0.950. The summed E-state index contributed by atoms with van der Waals surface area (Å²) in [5, 5.41) is 14.3. The number of aliphatic carboxylic acids is 1. The number of ether oxygens (including phenoxy) is 1. The van der Waals surface area contributed by atoms with Gasteiger partial charge in [0.15, 0.2) is 0 Å². The van der Waals surface area contributed by atoms with E-state index in [9.17, 15) is 9.59 Å². The van der Waals surface area contributed by atoms with Gasteiger partial charge >= 0.3 is 12.0 Å². The maximum absolute atomic E-state index is 11.7. The molecule has 0 saturated heterocycles. The highest BCUT2D eigenvalue weighted by atomic mass is 32.2. The van der Waals surface area contributed by atoms with E-state index in [4.69, 9.17) is 9.84 Å². The number of urea groups is 1. The average Bonchev–Trinajstić information content (AvgIpc) is 3.16. The number of amides is 2. The Morgan fingerprint density at radius 3 is 2.63 bits per heavy atom. The van der Waals surface area contributed by atoms with Gasteiger partial charge in [0.2, 0.25) is 0 Å². The molecule has 0 aromatic rings. The summed E-state index contributed by atoms with van der Waals surface area (Å²) in [5.41, 5.74) is 0. The van der Waals surface area contributed by atoms with Crippen LogP contribution in [0.3, 0.4) is 0 Å². The predicted octanol–water partition coefficient (Wildman–Crippen LogP) is 1.06. The van der Waals surface area contributed by atoms with Gasteiger partial charge in [-0.15, -0.1) is 0 Å². The molecule has 1 saturated carbocycles. The normalized spacial score (nSPS) is 17.6. The molecule has 1 atom stereocenters. The minimum Gasteiger partial charge on any atom is -0.480 e. The molecule has 6 nitrogen and oxygen atoms in total. The van der Waals surface area contributed by atoms with Crippen molar-refractivity contribution in [3.05, 3.63) is 0 Å². The van der Waals surface area contributed by atoms with Crippen LogP contribution in [0.1, 0.15) is 25.7 Å². The summed E-state index contributed by atoms with van der Waals surface area (Å²) in [5.74, 6) is -1.02. The fraction of sp³-hybridized carbons (Fsp3) is 0.833. The van der Waals surface area contributed by atoms with Gasteiger partial charge in [-0.25, -0.2) is 9.59 Å². The number of carbonyl (C=O) groups is 2. The molecule has 0 radical (unpaired) electrons. The Balaban J connectivity index is 2.28. The minimum absolute atomic E-state index is 0.173. The fourth-order valence-corrected chi connectivity index (χ4v) is 2.46. The number of nitrogens with one attached hydrogen (secondary N) is 2. The van der Waals surface area contributed by atoms with E-state index in [0.29, 0.717) is 26.0 Å². The maximum Gasteiger partial charge on any atom is 0.326 e. The molecule has 7 heteroatoms. The minimum atomic E-state index is -1.02. The summed E-state index contributed by atoms with van der Waals surface area (Å²) in [6.07, 6.45) is 5.19. The van der Waals surface area contributed by atoms with Crippen LogP contribution in [0.4, 0.5) is 4.79 Å². The lowest BCUT2D eigenvalue weighted by Crippen LogP contribution is -2.47. The Morgan fingerprint density at radius 2 is 2.16 bits per heavy atom. The second-order valence-corrected chi connectivity index (χ2v) is 6.01. The van der Waals surface area contributed by atoms with Crippen molar-refractivity contribution in [1.29, 1.82) is 0 Å². The maximum atomic E-state index is 11.7. The van der Waals surface area contributed by atoms with Crippen molar-refractivity contribution in [2.45, 2.75) is 36.5 Å². The monoisotopic (exact) mass is 290 g/mol. The number of carbonyl (C=O) groups excluding carboxylic acids is 1. The third-order valence-corrected chi connectivity index (χ3v) is 4.68. The molecule has 1 aliphatic rings. The van der Waals surface area contributed by atoms with Gasteiger partial charge < -0.3 is 20.5 Å². The Bertz CT molecular complexity index is 321. The molecule has 1 fully saturated rings. The number of carboxylic acids is 1. The average molecular weight is 290 g/mol. The lowest BCUT2D eigenvalue weighted by molar-refractivity contribution is -0.139. The molecule has 1 aliphatic carbocycles. The van der Waals surface area contributed by atoms with Gasteiger partial charge in [0, 0.05) is 25.0 Å². The molecule has 110 valence electrons. The van der Waals surface area contributed by atoms with Gasteiger partial charge in [-0.05, 0) is 31.9 Å². The number of rotatable bonds is 9. The fourth-order valence-electron chi connectivity index (χ4n) is 1.73. The van der Waals surface area contributed by atoms with E-state index in [0.717, 1.165) is 12.8 Å². The van der Waals surface area contributed by atoms with Gasteiger partial charge in [-0.3, -0.25) is 0 Å². The number of hydrogen-bond acceptors (Lipinski definition) is 4. The van der Waals surface area contributed by atoms with Crippen LogP contribution < -0.4 is 10.6 Å². The van der Waals surface area contributed by atoms with Crippen LogP contribution in [-0.4, -0.2) is 54.4 Å². The van der Waals surface area contributed by atoms with Crippen LogP contribution in [0.5, 0.6) is 0 Å². The molecule has 1 unspecified atom stereocenters. The summed E-state index contributed by atoms with van der Waals surface area (Å²) in [7, 11) is 1.56. The lowest BCUT2D eigenvalue weighted by Gasteiger charge is -2.17. The first kappa shape index (κ1) is 16.1.